The number of carbonyl (C=O) groups excluding carboxylic acids is 2. The number of esters is 2. The Morgan fingerprint density at radius 2 is 1.04 bits per heavy atom. The first-order valence-electron chi connectivity index (χ1n) is 20.0. The van der Waals surface area contributed by atoms with Crippen molar-refractivity contribution in [2.75, 3.05) is 26.4 Å². The van der Waals surface area contributed by atoms with E-state index in [9.17, 15) is 19.0 Å². The second-order valence-corrected chi connectivity index (χ2v) is 14.6. The Morgan fingerprint density at radius 3 is 1.54 bits per heavy atom. The summed E-state index contributed by atoms with van der Waals surface area (Å²) in [6.45, 7) is 3.66. The molecular formula is C40H74NO8P. The predicted molar refractivity (Wildman–Crippen MR) is 206 cm³/mol. The molecule has 292 valence electrons. The predicted octanol–water partition coefficient (Wildman–Crippen LogP) is 11.0. The molecule has 0 radical (unpaired) electrons. The van der Waals surface area contributed by atoms with Crippen molar-refractivity contribution in [2.24, 2.45) is 5.73 Å². The van der Waals surface area contributed by atoms with Gasteiger partial charge in [-0.3, -0.25) is 18.6 Å². The van der Waals surface area contributed by atoms with E-state index in [1.807, 2.05) is 0 Å². The van der Waals surface area contributed by atoms with Crippen molar-refractivity contribution < 1.29 is 37.6 Å². The fourth-order valence-electron chi connectivity index (χ4n) is 5.25. The second kappa shape index (κ2) is 37.0. The van der Waals surface area contributed by atoms with Gasteiger partial charge < -0.3 is 20.1 Å². The first kappa shape index (κ1) is 48.2. The molecule has 0 aliphatic heterocycles. The third-order valence-corrected chi connectivity index (χ3v) is 9.23. The molecular weight excluding hydrogens is 653 g/mol. The van der Waals surface area contributed by atoms with E-state index in [-0.39, 0.29) is 32.6 Å². The molecule has 50 heavy (non-hydrogen) atoms. The Kier molecular flexibility index (Phi) is 35.7. The van der Waals surface area contributed by atoms with E-state index in [1.54, 1.807) is 0 Å². The maximum Gasteiger partial charge on any atom is 0.472 e. The summed E-state index contributed by atoms with van der Waals surface area (Å²) in [5, 5.41) is 0. The molecule has 0 rings (SSSR count). The fraction of sp³-hybridized carbons (Fsp3) is 0.800. The molecule has 0 saturated carbocycles. The van der Waals surface area contributed by atoms with E-state index >= 15 is 0 Å². The average Bonchev–Trinajstić information content (AvgIpc) is 3.10. The van der Waals surface area contributed by atoms with Gasteiger partial charge in [-0.1, -0.05) is 127 Å². The van der Waals surface area contributed by atoms with Crippen LogP contribution < -0.4 is 5.73 Å². The summed E-state index contributed by atoms with van der Waals surface area (Å²) < 4.78 is 32.7. The van der Waals surface area contributed by atoms with E-state index < -0.39 is 32.5 Å². The molecule has 0 heterocycles. The van der Waals surface area contributed by atoms with Crippen LogP contribution in [0.2, 0.25) is 0 Å². The zero-order valence-electron chi connectivity index (χ0n) is 31.9. The minimum absolute atomic E-state index is 0.0494. The number of carbonyl (C=O) groups is 2. The van der Waals surface area contributed by atoms with Gasteiger partial charge in [0.25, 0.3) is 0 Å². The van der Waals surface area contributed by atoms with Crippen LogP contribution in [0, 0.1) is 0 Å². The highest BCUT2D eigenvalue weighted by molar-refractivity contribution is 7.47. The van der Waals surface area contributed by atoms with E-state index in [1.165, 1.54) is 64.2 Å². The summed E-state index contributed by atoms with van der Waals surface area (Å²) in [4.78, 5) is 34.7. The Hall–Kier alpha value is -1.77. The van der Waals surface area contributed by atoms with Crippen LogP contribution in [0.25, 0.3) is 0 Å². The number of phosphoric acid groups is 1. The third kappa shape index (κ3) is 36.0. The van der Waals surface area contributed by atoms with E-state index in [0.717, 1.165) is 77.0 Å². The van der Waals surface area contributed by atoms with Gasteiger partial charge in [-0.2, -0.15) is 0 Å². The number of hydrogen-bond acceptors (Lipinski definition) is 8. The molecule has 0 aromatic rings. The summed E-state index contributed by atoms with van der Waals surface area (Å²) in [6, 6.07) is 0. The van der Waals surface area contributed by atoms with E-state index in [4.69, 9.17) is 24.3 Å². The molecule has 0 saturated heterocycles. The first-order chi connectivity index (χ1) is 24.3. The van der Waals surface area contributed by atoms with Crippen molar-refractivity contribution in [1.82, 2.24) is 0 Å². The Balaban J connectivity index is 4.24. The highest BCUT2D eigenvalue weighted by Gasteiger charge is 2.25. The molecule has 10 heteroatoms. The standard InChI is InChI=1S/C40H74NO8P/c1-3-5-7-9-11-13-15-17-18-19-21-23-25-27-29-31-33-40(43)49-38(37-48-50(44,45)47-35-34-41)36-46-39(42)32-30-28-26-24-22-20-16-14-12-10-8-6-4-2/h13-16,18-19,38H,3-12,17,20-37,41H2,1-2H3,(H,44,45)/b15-13-,16-14-,19-18-. The molecule has 2 atom stereocenters. The van der Waals surface area contributed by atoms with E-state index in [0.29, 0.717) is 6.42 Å². The lowest BCUT2D eigenvalue weighted by molar-refractivity contribution is -0.161. The zero-order chi connectivity index (χ0) is 36.8. The van der Waals surface area contributed by atoms with Crippen molar-refractivity contribution in [1.29, 1.82) is 0 Å². The molecule has 9 nitrogen and oxygen atoms in total. The van der Waals surface area contributed by atoms with Gasteiger partial charge >= 0.3 is 19.8 Å². The largest absolute Gasteiger partial charge is 0.472 e. The number of rotatable bonds is 37. The Bertz CT molecular complexity index is 923. The van der Waals surface area contributed by atoms with Gasteiger partial charge in [0, 0.05) is 19.4 Å². The van der Waals surface area contributed by atoms with E-state index in [2.05, 4.69) is 50.3 Å². The Morgan fingerprint density at radius 1 is 0.600 bits per heavy atom. The minimum atomic E-state index is -4.38. The van der Waals surface area contributed by atoms with Crippen LogP contribution in [0.5, 0.6) is 0 Å². The lowest BCUT2D eigenvalue weighted by Gasteiger charge is -2.19. The first-order valence-corrected chi connectivity index (χ1v) is 21.5. The molecule has 3 N–H and O–H groups in total. The van der Waals surface area contributed by atoms with Crippen molar-refractivity contribution in [3.63, 3.8) is 0 Å². The number of ether oxygens (including phenoxy) is 2. The van der Waals surface area contributed by atoms with Crippen LogP contribution in [0.4, 0.5) is 0 Å². The van der Waals surface area contributed by atoms with Crippen molar-refractivity contribution in [3.8, 4) is 0 Å². The highest BCUT2D eigenvalue weighted by atomic mass is 31.2. The number of nitrogens with two attached hydrogens (primary N) is 1. The van der Waals surface area contributed by atoms with Crippen LogP contribution >= 0.6 is 7.82 Å². The average molecular weight is 728 g/mol. The van der Waals surface area contributed by atoms with Gasteiger partial charge in [0.1, 0.15) is 6.61 Å². The van der Waals surface area contributed by atoms with Gasteiger partial charge in [0.2, 0.25) is 0 Å². The number of allylic oxidation sites excluding steroid dienone is 6. The normalized spacial score (nSPS) is 13.8. The lowest BCUT2D eigenvalue weighted by Crippen LogP contribution is -2.29. The van der Waals surface area contributed by atoms with Crippen molar-refractivity contribution in [3.05, 3.63) is 36.5 Å². The van der Waals surface area contributed by atoms with Gasteiger partial charge in [0.05, 0.1) is 13.2 Å². The molecule has 0 aliphatic carbocycles. The minimum Gasteiger partial charge on any atom is -0.462 e. The summed E-state index contributed by atoms with van der Waals surface area (Å²) in [5.74, 6) is -0.856. The molecule has 0 aromatic carbocycles. The maximum absolute atomic E-state index is 12.5. The fourth-order valence-corrected chi connectivity index (χ4v) is 6.01. The van der Waals surface area contributed by atoms with Crippen LogP contribution in [0.3, 0.4) is 0 Å². The van der Waals surface area contributed by atoms with Gasteiger partial charge in [0.15, 0.2) is 6.10 Å². The summed E-state index contributed by atoms with van der Waals surface area (Å²) >= 11 is 0. The van der Waals surface area contributed by atoms with Crippen LogP contribution in [-0.4, -0.2) is 49.3 Å². The molecule has 0 fully saturated rings. The van der Waals surface area contributed by atoms with Gasteiger partial charge in [-0.05, 0) is 70.6 Å². The molecule has 0 amide bonds. The van der Waals surface area contributed by atoms with Gasteiger partial charge in [-0.25, -0.2) is 4.57 Å². The topological polar surface area (TPSA) is 134 Å². The molecule has 2 unspecified atom stereocenters. The van der Waals surface area contributed by atoms with Crippen LogP contribution in [-0.2, 0) is 32.7 Å². The zero-order valence-corrected chi connectivity index (χ0v) is 32.8. The number of phosphoric ester groups is 1. The quantitative estimate of drug-likeness (QED) is 0.0277. The van der Waals surface area contributed by atoms with Crippen molar-refractivity contribution in [2.45, 2.75) is 180 Å². The number of hydrogen-bond donors (Lipinski definition) is 2. The lowest BCUT2D eigenvalue weighted by atomic mass is 10.1. The molecule has 0 bridgehead atoms. The SMILES string of the molecule is CCCCCC/C=C\C/C=C\CCCCCCCC(=O)OC(COC(=O)CCCCCCC/C=C\CCCCCC)COP(=O)(O)OCCN. The summed E-state index contributed by atoms with van der Waals surface area (Å²) in [6.07, 6.45) is 38.8. The van der Waals surface area contributed by atoms with Crippen LogP contribution in [0.1, 0.15) is 174 Å². The molecule has 0 aromatic heterocycles. The molecule has 0 aliphatic rings. The monoisotopic (exact) mass is 728 g/mol. The smallest absolute Gasteiger partial charge is 0.462 e. The summed E-state index contributed by atoms with van der Waals surface area (Å²) in [7, 11) is -4.38. The second-order valence-electron chi connectivity index (χ2n) is 13.1. The maximum atomic E-state index is 12.5. The summed E-state index contributed by atoms with van der Waals surface area (Å²) in [5.41, 5.74) is 5.33. The van der Waals surface area contributed by atoms with Gasteiger partial charge in [-0.15, -0.1) is 0 Å². The number of unbranched alkanes of at least 4 members (excludes halogenated alkanes) is 18. The van der Waals surface area contributed by atoms with Crippen LogP contribution in [0.15, 0.2) is 36.5 Å². The Labute approximate surface area is 305 Å². The van der Waals surface area contributed by atoms with Crippen molar-refractivity contribution >= 4 is 19.8 Å². The third-order valence-electron chi connectivity index (χ3n) is 8.25. The molecule has 0 spiro atoms. The highest BCUT2D eigenvalue weighted by Crippen LogP contribution is 2.43.